The van der Waals surface area contributed by atoms with Crippen LogP contribution in [0.25, 0.3) is 0 Å². The molecule has 2 aromatic heterocycles. The van der Waals surface area contributed by atoms with E-state index in [1.807, 2.05) is 57.5 Å². The summed E-state index contributed by atoms with van der Waals surface area (Å²) in [6.07, 6.45) is 0. The molecule has 27 heavy (non-hydrogen) atoms. The largest absolute Gasteiger partial charge is 0.321 e. The molecule has 0 aliphatic heterocycles. The van der Waals surface area contributed by atoms with E-state index in [1.54, 1.807) is 4.68 Å². The summed E-state index contributed by atoms with van der Waals surface area (Å²) in [6.45, 7) is 10.0. The normalized spacial score (nSPS) is 12.2. The monoisotopic (exact) mass is 385 g/mol. The number of carbonyl (C=O) groups excluding carboxylic acids is 1. The summed E-state index contributed by atoms with van der Waals surface area (Å²) >= 11 is 6.21. The lowest BCUT2D eigenvalue weighted by molar-refractivity contribution is -0.119. The number of amides is 1. The van der Waals surface area contributed by atoms with Crippen LogP contribution in [0, 0.1) is 27.7 Å². The van der Waals surface area contributed by atoms with Gasteiger partial charge in [-0.3, -0.25) is 14.2 Å². The van der Waals surface area contributed by atoms with Crippen molar-refractivity contribution in [1.82, 2.24) is 19.6 Å². The van der Waals surface area contributed by atoms with Crippen molar-refractivity contribution in [3.8, 4) is 0 Å². The number of anilines is 1. The molecule has 0 fully saturated rings. The first-order valence-corrected chi connectivity index (χ1v) is 9.27. The van der Waals surface area contributed by atoms with E-state index in [0.717, 1.165) is 34.0 Å². The summed E-state index contributed by atoms with van der Waals surface area (Å²) in [5, 5.41) is 12.6. The minimum atomic E-state index is -0.479. The molecule has 1 amide bonds. The zero-order chi connectivity index (χ0) is 19.7. The van der Waals surface area contributed by atoms with Crippen molar-refractivity contribution in [2.75, 3.05) is 5.32 Å². The van der Waals surface area contributed by atoms with E-state index in [9.17, 15) is 4.79 Å². The summed E-state index contributed by atoms with van der Waals surface area (Å²) < 4.78 is 3.57. The molecule has 3 aromatic rings. The van der Waals surface area contributed by atoms with Gasteiger partial charge in [0, 0.05) is 0 Å². The average Bonchev–Trinajstić information content (AvgIpc) is 3.06. The first-order valence-electron chi connectivity index (χ1n) is 8.89. The van der Waals surface area contributed by atoms with Crippen LogP contribution in [0.2, 0.25) is 5.02 Å². The summed E-state index contributed by atoms with van der Waals surface area (Å²) in [6, 6.07) is 9.64. The van der Waals surface area contributed by atoms with Crippen LogP contribution in [0.15, 0.2) is 30.3 Å². The van der Waals surface area contributed by atoms with Gasteiger partial charge in [-0.25, -0.2) is 0 Å². The van der Waals surface area contributed by atoms with Gasteiger partial charge in [0.25, 0.3) is 0 Å². The standard InChI is InChI=1S/C20H24ClN5O/c1-12-18(21)14(3)26(24-12)16(5)20(27)22-19-13(2)23-25(15(19)4)11-17-9-7-6-8-10-17/h6-10,16H,11H2,1-5H3,(H,22,27). The fourth-order valence-electron chi connectivity index (χ4n) is 3.15. The van der Waals surface area contributed by atoms with Crippen molar-refractivity contribution < 1.29 is 4.79 Å². The quantitative estimate of drug-likeness (QED) is 0.715. The van der Waals surface area contributed by atoms with E-state index in [1.165, 1.54) is 0 Å². The zero-order valence-electron chi connectivity index (χ0n) is 16.2. The summed E-state index contributed by atoms with van der Waals surface area (Å²) in [7, 11) is 0. The molecular weight excluding hydrogens is 362 g/mol. The van der Waals surface area contributed by atoms with Crippen LogP contribution in [-0.2, 0) is 11.3 Å². The Bertz CT molecular complexity index is 974. The van der Waals surface area contributed by atoms with Crippen LogP contribution in [0.1, 0.15) is 41.3 Å². The summed E-state index contributed by atoms with van der Waals surface area (Å²) in [4.78, 5) is 12.8. The highest BCUT2D eigenvalue weighted by atomic mass is 35.5. The van der Waals surface area contributed by atoms with Gasteiger partial charge in [-0.15, -0.1) is 0 Å². The van der Waals surface area contributed by atoms with Crippen LogP contribution in [0.5, 0.6) is 0 Å². The van der Waals surface area contributed by atoms with Gasteiger partial charge in [0.1, 0.15) is 6.04 Å². The lowest BCUT2D eigenvalue weighted by Gasteiger charge is -2.15. The van der Waals surface area contributed by atoms with E-state index in [4.69, 9.17) is 11.6 Å². The minimum Gasteiger partial charge on any atom is -0.321 e. The fraction of sp³-hybridized carbons (Fsp3) is 0.350. The zero-order valence-corrected chi connectivity index (χ0v) is 17.0. The number of aromatic nitrogens is 4. The van der Waals surface area contributed by atoms with E-state index in [-0.39, 0.29) is 5.91 Å². The van der Waals surface area contributed by atoms with Gasteiger partial charge in [0.05, 0.1) is 40.0 Å². The Kier molecular flexibility index (Phi) is 5.37. The highest BCUT2D eigenvalue weighted by molar-refractivity contribution is 6.31. The molecule has 1 unspecified atom stereocenters. The molecule has 0 aliphatic rings. The smallest absolute Gasteiger partial charge is 0.249 e. The summed E-state index contributed by atoms with van der Waals surface area (Å²) in [5.41, 5.74) is 5.11. The number of nitrogens with one attached hydrogen (secondary N) is 1. The number of halogens is 1. The highest BCUT2D eigenvalue weighted by Crippen LogP contribution is 2.25. The molecule has 0 aliphatic carbocycles. The second-order valence-electron chi connectivity index (χ2n) is 6.78. The Morgan fingerprint density at radius 2 is 1.74 bits per heavy atom. The average molecular weight is 386 g/mol. The topological polar surface area (TPSA) is 64.7 Å². The van der Waals surface area contributed by atoms with E-state index in [0.29, 0.717) is 11.6 Å². The van der Waals surface area contributed by atoms with Crippen LogP contribution in [-0.4, -0.2) is 25.5 Å². The second kappa shape index (κ2) is 7.56. The van der Waals surface area contributed by atoms with E-state index in [2.05, 4.69) is 27.6 Å². The fourth-order valence-corrected chi connectivity index (χ4v) is 3.27. The van der Waals surface area contributed by atoms with E-state index < -0.39 is 6.04 Å². The molecule has 0 saturated carbocycles. The van der Waals surface area contributed by atoms with Gasteiger partial charge in [-0.2, -0.15) is 10.2 Å². The molecule has 0 spiro atoms. The molecule has 7 heteroatoms. The van der Waals surface area contributed by atoms with Crippen LogP contribution < -0.4 is 5.32 Å². The first-order chi connectivity index (χ1) is 12.8. The number of rotatable bonds is 5. The Morgan fingerprint density at radius 1 is 1.07 bits per heavy atom. The number of hydrogen-bond donors (Lipinski definition) is 1. The highest BCUT2D eigenvalue weighted by Gasteiger charge is 2.23. The third-order valence-electron chi connectivity index (χ3n) is 4.79. The maximum atomic E-state index is 12.8. The Balaban J connectivity index is 1.81. The number of nitrogens with zero attached hydrogens (tertiary/aromatic N) is 4. The SMILES string of the molecule is Cc1nn(C(C)C(=O)Nc2c(C)nn(Cc3ccccc3)c2C)c(C)c1Cl. The van der Waals surface area contributed by atoms with Gasteiger partial charge in [-0.05, 0) is 40.2 Å². The van der Waals surface area contributed by atoms with Crippen molar-refractivity contribution in [2.45, 2.75) is 47.2 Å². The van der Waals surface area contributed by atoms with Crippen LogP contribution in [0.4, 0.5) is 5.69 Å². The molecule has 142 valence electrons. The van der Waals surface area contributed by atoms with Gasteiger partial charge >= 0.3 is 0 Å². The van der Waals surface area contributed by atoms with Crippen molar-refractivity contribution >= 4 is 23.2 Å². The molecule has 1 N–H and O–H groups in total. The van der Waals surface area contributed by atoms with Crippen molar-refractivity contribution in [2.24, 2.45) is 0 Å². The Hall–Kier alpha value is -2.60. The molecule has 0 saturated heterocycles. The Morgan fingerprint density at radius 3 is 2.33 bits per heavy atom. The molecular formula is C20H24ClN5O. The third kappa shape index (κ3) is 3.76. The maximum absolute atomic E-state index is 12.8. The number of carbonyl (C=O) groups is 1. The number of hydrogen-bond acceptors (Lipinski definition) is 3. The lowest BCUT2D eigenvalue weighted by atomic mass is 10.2. The van der Waals surface area contributed by atoms with Gasteiger partial charge in [0.2, 0.25) is 5.91 Å². The van der Waals surface area contributed by atoms with Crippen molar-refractivity contribution in [3.05, 3.63) is 63.7 Å². The van der Waals surface area contributed by atoms with Gasteiger partial charge in [0.15, 0.2) is 0 Å². The number of aryl methyl sites for hydroxylation is 2. The molecule has 3 rings (SSSR count). The van der Waals surface area contributed by atoms with Crippen LogP contribution >= 0.6 is 11.6 Å². The predicted octanol–water partition coefficient (Wildman–Crippen LogP) is 4.21. The first kappa shape index (κ1) is 19.2. The molecule has 2 heterocycles. The minimum absolute atomic E-state index is 0.150. The molecule has 0 bridgehead atoms. The van der Waals surface area contributed by atoms with E-state index >= 15 is 0 Å². The predicted molar refractivity (Wildman–Crippen MR) is 107 cm³/mol. The van der Waals surface area contributed by atoms with Gasteiger partial charge in [-0.1, -0.05) is 41.9 Å². The van der Waals surface area contributed by atoms with Crippen molar-refractivity contribution in [1.29, 1.82) is 0 Å². The Labute approximate surface area is 164 Å². The number of benzene rings is 1. The lowest BCUT2D eigenvalue weighted by Crippen LogP contribution is -2.25. The molecule has 1 aromatic carbocycles. The summed E-state index contributed by atoms with van der Waals surface area (Å²) in [5.74, 6) is -0.150. The molecule has 1 atom stereocenters. The second-order valence-corrected chi connectivity index (χ2v) is 7.16. The maximum Gasteiger partial charge on any atom is 0.249 e. The van der Waals surface area contributed by atoms with Gasteiger partial charge < -0.3 is 5.32 Å². The third-order valence-corrected chi connectivity index (χ3v) is 5.33. The molecule has 0 radical (unpaired) electrons. The molecule has 6 nitrogen and oxygen atoms in total. The van der Waals surface area contributed by atoms with Crippen molar-refractivity contribution in [3.63, 3.8) is 0 Å². The van der Waals surface area contributed by atoms with Crippen LogP contribution in [0.3, 0.4) is 0 Å².